The Labute approximate surface area is 172 Å². The molecule has 3 aromatic rings. The summed E-state index contributed by atoms with van der Waals surface area (Å²) in [5, 5.41) is 8.62. The fraction of sp³-hybridized carbons (Fsp3) is 0.316. The Bertz CT molecular complexity index is 1040. The molecule has 2 amide bonds. The number of carbonyl (C=O) groups is 2. The number of benzene rings is 1. The van der Waals surface area contributed by atoms with Gasteiger partial charge in [0.1, 0.15) is 6.33 Å². The summed E-state index contributed by atoms with van der Waals surface area (Å²) in [5.41, 5.74) is 6.50. The van der Waals surface area contributed by atoms with Crippen molar-refractivity contribution in [2.75, 3.05) is 18.0 Å². The van der Waals surface area contributed by atoms with Crippen molar-refractivity contribution in [2.24, 2.45) is 11.8 Å². The van der Waals surface area contributed by atoms with Crippen molar-refractivity contribution in [2.45, 2.75) is 13.3 Å². The summed E-state index contributed by atoms with van der Waals surface area (Å²) in [4.78, 5) is 31.2. The zero-order valence-electron chi connectivity index (χ0n) is 15.7. The van der Waals surface area contributed by atoms with Crippen LogP contribution in [0.1, 0.15) is 12.5 Å². The summed E-state index contributed by atoms with van der Waals surface area (Å²) < 4.78 is 1.79. The van der Waals surface area contributed by atoms with Crippen molar-refractivity contribution >= 4 is 34.9 Å². The van der Waals surface area contributed by atoms with Gasteiger partial charge < -0.3 is 4.90 Å². The second-order valence-electron chi connectivity index (χ2n) is 7.14. The molecule has 1 aliphatic heterocycles. The third kappa shape index (κ3) is 4.14. The summed E-state index contributed by atoms with van der Waals surface area (Å²) in [6.45, 7) is 3.15. The van der Waals surface area contributed by atoms with E-state index in [2.05, 4.69) is 26.0 Å². The number of anilines is 1. The van der Waals surface area contributed by atoms with Crippen LogP contribution in [0.15, 0.2) is 43.0 Å². The normalized spacial score (nSPS) is 18.8. The summed E-state index contributed by atoms with van der Waals surface area (Å²) >= 11 is 5.84. The maximum Gasteiger partial charge on any atom is 0.243 e. The van der Waals surface area contributed by atoms with Crippen LogP contribution in [0.2, 0.25) is 5.02 Å². The number of nitrogens with zero attached hydrogens (tertiary/aromatic N) is 5. The zero-order chi connectivity index (χ0) is 20.4. The molecule has 4 rings (SSSR count). The van der Waals surface area contributed by atoms with Gasteiger partial charge in [-0.2, -0.15) is 0 Å². The largest absolute Gasteiger partial charge is 0.352 e. The number of fused-ring (bicyclic) bond motifs is 1. The van der Waals surface area contributed by atoms with Crippen LogP contribution >= 0.6 is 11.6 Å². The van der Waals surface area contributed by atoms with E-state index in [4.69, 9.17) is 11.6 Å². The van der Waals surface area contributed by atoms with E-state index >= 15 is 0 Å². The van der Waals surface area contributed by atoms with Crippen molar-refractivity contribution in [3.8, 4) is 0 Å². The second kappa shape index (κ2) is 8.04. The molecule has 0 bridgehead atoms. The zero-order valence-corrected chi connectivity index (χ0v) is 16.5. The van der Waals surface area contributed by atoms with Gasteiger partial charge in [0.25, 0.3) is 0 Å². The van der Waals surface area contributed by atoms with Gasteiger partial charge in [0.15, 0.2) is 5.82 Å². The first kappa shape index (κ1) is 19.1. The Kier molecular flexibility index (Phi) is 5.30. The third-order valence-electron chi connectivity index (χ3n) is 5.05. The van der Waals surface area contributed by atoms with Crippen molar-refractivity contribution in [3.63, 3.8) is 0 Å². The molecule has 10 heteroatoms. The number of nitrogens with one attached hydrogen (secondary N) is 2. The highest BCUT2D eigenvalue weighted by Gasteiger charge is 2.36. The maximum atomic E-state index is 12.6. The number of aromatic nitrogens is 4. The van der Waals surface area contributed by atoms with E-state index < -0.39 is 0 Å². The lowest BCUT2D eigenvalue weighted by Gasteiger charge is -2.17. The van der Waals surface area contributed by atoms with Gasteiger partial charge in [0.2, 0.25) is 17.5 Å². The molecule has 150 valence electrons. The number of carbonyl (C=O) groups excluding carboxylic acids is 2. The molecule has 1 aliphatic rings. The van der Waals surface area contributed by atoms with Crippen LogP contribution in [0.4, 0.5) is 5.82 Å². The fourth-order valence-corrected chi connectivity index (χ4v) is 3.63. The summed E-state index contributed by atoms with van der Waals surface area (Å²) in [6, 6.07) is 7.00. The lowest BCUT2D eigenvalue weighted by atomic mass is 9.98. The Morgan fingerprint density at radius 2 is 2.00 bits per heavy atom. The lowest BCUT2D eigenvalue weighted by molar-refractivity contribution is -0.131. The van der Waals surface area contributed by atoms with Crippen molar-refractivity contribution in [3.05, 3.63) is 53.6 Å². The van der Waals surface area contributed by atoms with E-state index in [9.17, 15) is 9.59 Å². The lowest BCUT2D eigenvalue weighted by Crippen LogP contribution is -2.46. The summed E-state index contributed by atoms with van der Waals surface area (Å²) in [5.74, 6) is -0.0150. The molecule has 9 nitrogen and oxygen atoms in total. The van der Waals surface area contributed by atoms with Crippen LogP contribution in [-0.2, 0) is 16.0 Å². The van der Waals surface area contributed by atoms with Crippen LogP contribution in [0.5, 0.6) is 0 Å². The molecule has 0 spiro atoms. The van der Waals surface area contributed by atoms with Crippen molar-refractivity contribution in [1.29, 1.82) is 0 Å². The van der Waals surface area contributed by atoms with Crippen molar-refractivity contribution < 1.29 is 9.59 Å². The predicted molar refractivity (Wildman–Crippen MR) is 107 cm³/mol. The average Bonchev–Trinajstić information content (AvgIpc) is 3.34. The molecule has 1 saturated heterocycles. The number of halogens is 1. The topological polar surface area (TPSA) is 105 Å². The molecule has 1 aromatic carbocycles. The van der Waals surface area contributed by atoms with Gasteiger partial charge in [0, 0.05) is 30.5 Å². The molecule has 0 aliphatic carbocycles. The predicted octanol–water partition coefficient (Wildman–Crippen LogP) is 1.24. The summed E-state index contributed by atoms with van der Waals surface area (Å²) in [7, 11) is 0. The van der Waals surface area contributed by atoms with E-state index in [0.717, 1.165) is 5.56 Å². The second-order valence-corrected chi connectivity index (χ2v) is 7.58. The minimum absolute atomic E-state index is 0.0909. The molecule has 29 heavy (non-hydrogen) atoms. The molecule has 2 aromatic heterocycles. The highest BCUT2D eigenvalue weighted by atomic mass is 35.5. The van der Waals surface area contributed by atoms with Gasteiger partial charge in [-0.25, -0.2) is 4.98 Å². The minimum Gasteiger partial charge on any atom is -0.352 e. The van der Waals surface area contributed by atoms with E-state index in [1.807, 2.05) is 11.8 Å². The standard InChI is InChI=1S/C19H20ClN7O2/c1-12-9-27(17-18-24-22-11-26(18)7-6-21-17)10-15(12)19(29)25-23-16(28)8-13-2-4-14(20)5-3-13/h2-7,11-12,15H,8-10H2,1H3,(H,23,28)(H,25,29)/t12-,15-/m0/s1. The number of hydrogen-bond donors (Lipinski definition) is 2. The quantitative estimate of drug-likeness (QED) is 0.623. The highest BCUT2D eigenvalue weighted by Crippen LogP contribution is 2.28. The van der Waals surface area contributed by atoms with Crippen LogP contribution in [-0.4, -0.2) is 44.5 Å². The van der Waals surface area contributed by atoms with Gasteiger partial charge in [0.05, 0.1) is 12.3 Å². The SMILES string of the molecule is C[C@H]1CN(c2nccn3cnnc23)C[C@@H]1C(=O)NNC(=O)Cc1ccc(Cl)cc1. The molecule has 0 unspecified atom stereocenters. The van der Waals surface area contributed by atoms with Crippen LogP contribution in [0.3, 0.4) is 0 Å². The summed E-state index contributed by atoms with van der Waals surface area (Å²) in [6.07, 6.45) is 5.22. The first-order valence-electron chi connectivity index (χ1n) is 9.23. The molecule has 0 radical (unpaired) electrons. The Balaban J connectivity index is 1.35. The maximum absolute atomic E-state index is 12.6. The van der Waals surface area contributed by atoms with Crippen LogP contribution in [0, 0.1) is 11.8 Å². The van der Waals surface area contributed by atoms with Gasteiger partial charge >= 0.3 is 0 Å². The van der Waals surface area contributed by atoms with Crippen LogP contribution < -0.4 is 15.8 Å². The number of rotatable bonds is 4. The Hall–Kier alpha value is -3.20. The molecule has 2 N–H and O–H groups in total. The first-order chi connectivity index (χ1) is 14.0. The average molecular weight is 414 g/mol. The van der Waals surface area contributed by atoms with Crippen LogP contribution in [0.25, 0.3) is 5.65 Å². The molecule has 2 atom stereocenters. The first-order valence-corrected chi connectivity index (χ1v) is 9.61. The minimum atomic E-state index is -0.293. The highest BCUT2D eigenvalue weighted by molar-refractivity contribution is 6.30. The number of amides is 2. The van der Waals surface area contributed by atoms with E-state index in [0.29, 0.717) is 29.6 Å². The fourth-order valence-electron chi connectivity index (χ4n) is 3.51. The molecule has 0 saturated carbocycles. The smallest absolute Gasteiger partial charge is 0.243 e. The molecule has 3 heterocycles. The molecular formula is C19H20ClN7O2. The van der Waals surface area contributed by atoms with Gasteiger partial charge in [-0.05, 0) is 23.6 Å². The van der Waals surface area contributed by atoms with E-state index in [-0.39, 0.29) is 30.1 Å². The van der Waals surface area contributed by atoms with Gasteiger partial charge in [-0.15, -0.1) is 10.2 Å². The van der Waals surface area contributed by atoms with Crippen molar-refractivity contribution in [1.82, 2.24) is 30.4 Å². The Morgan fingerprint density at radius 3 is 2.79 bits per heavy atom. The van der Waals surface area contributed by atoms with Gasteiger partial charge in [-0.3, -0.25) is 24.8 Å². The number of hydrazine groups is 1. The van der Waals surface area contributed by atoms with Gasteiger partial charge in [-0.1, -0.05) is 30.7 Å². The monoisotopic (exact) mass is 413 g/mol. The molecular weight excluding hydrogens is 394 g/mol. The number of hydrogen-bond acceptors (Lipinski definition) is 6. The van der Waals surface area contributed by atoms with E-state index in [1.165, 1.54) is 0 Å². The van der Waals surface area contributed by atoms with E-state index in [1.54, 1.807) is 47.4 Å². The molecule has 1 fully saturated rings. The third-order valence-corrected chi connectivity index (χ3v) is 5.30. The Morgan fingerprint density at radius 1 is 1.21 bits per heavy atom.